The van der Waals surface area contributed by atoms with Gasteiger partial charge >= 0.3 is 0 Å². The molecule has 126 valence electrons. The van der Waals surface area contributed by atoms with E-state index in [0.29, 0.717) is 5.88 Å². The van der Waals surface area contributed by atoms with E-state index in [1.54, 1.807) is 12.4 Å². The first-order valence-corrected chi connectivity index (χ1v) is 8.56. The summed E-state index contributed by atoms with van der Waals surface area (Å²) in [5.41, 5.74) is 2.19. The summed E-state index contributed by atoms with van der Waals surface area (Å²) in [5, 5.41) is 0. The SMILES string of the molecule is c1ccc(Oc2cncc([C@H]3CCCN3Cc3cccnc3)n2)cc1. The highest BCUT2D eigenvalue weighted by molar-refractivity contribution is 5.26. The van der Waals surface area contributed by atoms with Crippen molar-refractivity contribution in [1.29, 1.82) is 0 Å². The van der Waals surface area contributed by atoms with Crippen LogP contribution < -0.4 is 4.74 Å². The minimum Gasteiger partial charge on any atom is -0.437 e. The van der Waals surface area contributed by atoms with E-state index in [4.69, 9.17) is 9.72 Å². The van der Waals surface area contributed by atoms with Crippen molar-refractivity contribution in [1.82, 2.24) is 19.9 Å². The van der Waals surface area contributed by atoms with Crippen molar-refractivity contribution in [2.45, 2.75) is 25.4 Å². The molecule has 0 bridgehead atoms. The topological polar surface area (TPSA) is 51.1 Å². The molecular formula is C20H20N4O. The average molecular weight is 332 g/mol. The largest absolute Gasteiger partial charge is 0.437 e. The molecule has 0 unspecified atom stereocenters. The molecule has 1 saturated heterocycles. The molecular weight excluding hydrogens is 312 g/mol. The zero-order chi connectivity index (χ0) is 16.9. The maximum Gasteiger partial charge on any atom is 0.238 e. The molecule has 2 aromatic heterocycles. The molecule has 3 heterocycles. The van der Waals surface area contributed by atoms with Gasteiger partial charge in [-0.05, 0) is 43.1 Å². The van der Waals surface area contributed by atoms with Crippen LogP contribution in [0.2, 0.25) is 0 Å². The Bertz CT molecular complexity index is 810. The van der Waals surface area contributed by atoms with E-state index in [1.807, 2.05) is 48.8 Å². The molecule has 1 aliphatic heterocycles. The lowest BCUT2D eigenvalue weighted by atomic mass is 10.1. The van der Waals surface area contributed by atoms with Crippen molar-refractivity contribution in [3.05, 3.63) is 78.5 Å². The highest BCUT2D eigenvalue weighted by atomic mass is 16.5. The van der Waals surface area contributed by atoms with Crippen molar-refractivity contribution in [3.63, 3.8) is 0 Å². The molecule has 1 fully saturated rings. The molecule has 0 aliphatic carbocycles. The highest BCUT2D eigenvalue weighted by Crippen LogP contribution is 2.32. The van der Waals surface area contributed by atoms with E-state index in [9.17, 15) is 0 Å². The minimum atomic E-state index is 0.270. The second-order valence-electron chi connectivity index (χ2n) is 6.19. The van der Waals surface area contributed by atoms with E-state index in [1.165, 1.54) is 5.56 Å². The molecule has 5 heteroatoms. The monoisotopic (exact) mass is 332 g/mol. The molecule has 4 rings (SSSR count). The van der Waals surface area contributed by atoms with Gasteiger partial charge in [-0.25, -0.2) is 4.98 Å². The van der Waals surface area contributed by atoms with Gasteiger partial charge in [0.05, 0.1) is 24.1 Å². The van der Waals surface area contributed by atoms with Gasteiger partial charge in [-0.1, -0.05) is 24.3 Å². The molecule has 3 aromatic rings. The smallest absolute Gasteiger partial charge is 0.238 e. The third-order valence-electron chi connectivity index (χ3n) is 4.41. The highest BCUT2D eigenvalue weighted by Gasteiger charge is 2.27. The first-order chi connectivity index (χ1) is 12.4. The quantitative estimate of drug-likeness (QED) is 0.707. The number of likely N-dealkylation sites (tertiary alicyclic amines) is 1. The number of rotatable bonds is 5. The number of pyridine rings is 1. The summed E-state index contributed by atoms with van der Waals surface area (Å²) in [5.74, 6) is 1.31. The Balaban J connectivity index is 1.51. The van der Waals surface area contributed by atoms with Gasteiger partial charge in [0.2, 0.25) is 5.88 Å². The third kappa shape index (κ3) is 3.83. The molecule has 0 radical (unpaired) electrons. The Morgan fingerprint density at radius 3 is 2.76 bits per heavy atom. The average Bonchev–Trinajstić information content (AvgIpc) is 3.12. The zero-order valence-corrected chi connectivity index (χ0v) is 14.0. The van der Waals surface area contributed by atoms with Crippen molar-refractivity contribution >= 4 is 0 Å². The first-order valence-electron chi connectivity index (χ1n) is 8.56. The van der Waals surface area contributed by atoms with Crippen LogP contribution in [0.1, 0.15) is 30.1 Å². The van der Waals surface area contributed by atoms with Crippen molar-refractivity contribution in [2.24, 2.45) is 0 Å². The van der Waals surface area contributed by atoms with Crippen LogP contribution in [0.3, 0.4) is 0 Å². The fraction of sp³-hybridized carbons (Fsp3) is 0.250. The van der Waals surface area contributed by atoms with E-state index in [0.717, 1.165) is 37.4 Å². The predicted octanol–water partition coefficient (Wildman–Crippen LogP) is 4.00. The van der Waals surface area contributed by atoms with Gasteiger partial charge < -0.3 is 4.74 Å². The lowest BCUT2D eigenvalue weighted by molar-refractivity contribution is 0.242. The number of para-hydroxylation sites is 1. The van der Waals surface area contributed by atoms with Crippen LogP contribution in [0.25, 0.3) is 0 Å². The number of ether oxygens (including phenoxy) is 1. The Labute approximate surface area is 147 Å². The summed E-state index contributed by atoms with van der Waals surface area (Å²) in [4.78, 5) is 15.7. The van der Waals surface area contributed by atoms with E-state index in [-0.39, 0.29) is 6.04 Å². The summed E-state index contributed by atoms with van der Waals surface area (Å²) in [6.45, 7) is 1.94. The summed E-state index contributed by atoms with van der Waals surface area (Å²) in [6.07, 6.45) is 9.50. The van der Waals surface area contributed by atoms with Gasteiger partial charge in [0.15, 0.2) is 0 Å². The van der Waals surface area contributed by atoms with Gasteiger partial charge in [0, 0.05) is 18.9 Å². The van der Waals surface area contributed by atoms with Crippen LogP contribution in [0.15, 0.2) is 67.3 Å². The van der Waals surface area contributed by atoms with Gasteiger partial charge in [-0.3, -0.25) is 14.9 Å². The van der Waals surface area contributed by atoms with Gasteiger partial charge in [-0.2, -0.15) is 0 Å². The first kappa shape index (κ1) is 15.7. The van der Waals surface area contributed by atoms with Crippen molar-refractivity contribution in [2.75, 3.05) is 6.54 Å². The van der Waals surface area contributed by atoms with Gasteiger partial charge in [-0.15, -0.1) is 0 Å². The van der Waals surface area contributed by atoms with Gasteiger partial charge in [0.25, 0.3) is 0 Å². The fourth-order valence-electron chi connectivity index (χ4n) is 3.26. The zero-order valence-electron chi connectivity index (χ0n) is 14.0. The molecule has 0 spiro atoms. The lowest BCUT2D eigenvalue weighted by Gasteiger charge is -2.23. The van der Waals surface area contributed by atoms with Crippen LogP contribution in [-0.2, 0) is 6.54 Å². The maximum absolute atomic E-state index is 5.83. The standard InChI is InChI=1S/C20H20N4O/c1-2-7-17(8-3-1)25-20-14-22-13-18(23-20)19-9-5-11-24(19)15-16-6-4-10-21-12-16/h1-4,6-8,10,12-14,19H,5,9,11,15H2/t19-/m1/s1. The Morgan fingerprint density at radius 1 is 1.00 bits per heavy atom. The molecule has 25 heavy (non-hydrogen) atoms. The summed E-state index contributed by atoms with van der Waals surface area (Å²) >= 11 is 0. The van der Waals surface area contributed by atoms with Crippen LogP contribution in [-0.4, -0.2) is 26.4 Å². The van der Waals surface area contributed by atoms with Crippen LogP contribution in [0, 0.1) is 0 Å². The maximum atomic E-state index is 5.83. The predicted molar refractivity (Wildman–Crippen MR) is 95.2 cm³/mol. The molecule has 0 N–H and O–H groups in total. The molecule has 1 aromatic carbocycles. The second kappa shape index (κ2) is 7.40. The normalized spacial score (nSPS) is 17.5. The third-order valence-corrected chi connectivity index (χ3v) is 4.41. The summed E-state index contributed by atoms with van der Waals surface area (Å²) < 4.78 is 5.83. The Morgan fingerprint density at radius 2 is 1.92 bits per heavy atom. The second-order valence-corrected chi connectivity index (χ2v) is 6.19. The molecule has 0 amide bonds. The fourth-order valence-corrected chi connectivity index (χ4v) is 3.26. The molecule has 0 saturated carbocycles. The Hall–Kier alpha value is -2.79. The molecule has 1 aliphatic rings. The summed E-state index contributed by atoms with van der Waals surface area (Å²) in [7, 11) is 0. The summed E-state index contributed by atoms with van der Waals surface area (Å²) in [6, 6.07) is 14.0. The number of nitrogens with zero attached hydrogens (tertiary/aromatic N) is 4. The number of hydrogen-bond acceptors (Lipinski definition) is 5. The number of aromatic nitrogens is 3. The van der Waals surface area contributed by atoms with Gasteiger partial charge in [0.1, 0.15) is 5.75 Å². The van der Waals surface area contributed by atoms with Crippen molar-refractivity contribution in [3.8, 4) is 11.6 Å². The molecule has 1 atom stereocenters. The van der Waals surface area contributed by atoms with E-state index < -0.39 is 0 Å². The van der Waals surface area contributed by atoms with E-state index in [2.05, 4.69) is 20.9 Å². The number of hydrogen-bond donors (Lipinski definition) is 0. The van der Waals surface area contributed by atoms with E-state index >= 15 is 0 Å². The van der Waals surface area contributed by atoms with Crippen molar-refractivity contribution < 1.29 is 4.74 Å². The molecule has 5 nitrogen and oxygen atoms in total. The Kier molecular flexibility index (Phi) is 4.65. The van der Waals surface area contributed by atoms with Crippen LogP contribution in [0.4, 0.5) is 0 Å². The van der Waals surface area contributed by atoms with Crippen LogP contribution >= 0.6 is 0 Å². The minimum absolute atomic E-state index is 0.270. The number of benzene rings is 1. The lowest BCUT2D eigenvalue weighted by Crippen LogP contribution is -2.23. The van der Waals surface area contributed by atoms with Crippen LogP contribution in [0.5, 0.6) is 11.6 Å².